The Kier molecular flexibility index (Phi) is 5.32. The third kappa shape index (κ3) is 3.91. The molecule has 136 valence electrons. The van der Waals surface area contributed by atoms with Crippen LogP contribution in [0.1, 0.15) is 23.5 Å². The van der Waals surface area contributed by atoms with Crippen molar-refractivity contribution in [3.63, 3.8) is 0 Å². The zero-order valence-electron chi connectivity index (χ0n) is 14.5. The van der Waals surface area contributed by atoms with Gasteiger partial charge in [0.2, 0.25) is 5.91 Å². The van der Waals surface area contributed by atoms with Gasteiger partial charge in [-0.05, 0) is 31.5 Å². The number of amides is 1. The molecule has 1 aromatic carbocycles. The van der Waals surface area contributed by atoms with E-state index < -0.39 is 0 Å². The number of imidazole rings is 1. The lowest BCUT2D eigenvalue weighted by Gasteiger charge is -2.10. The van der Waals surface area contributed by atoms with E-state index in [0.717, 1.165) is 17.0 Å². The van der Waals surface area contributed by atoms with Crippen LogP contribution in [0.2, 0.25) is 0 Å². The average Bonchev–Trinajstić information content (AvgIpc) is 3.17. The molecule has 0 atom stereocenters. The minimum absolute atomic E-state index is 0.0669. The summed E-state index contributed by atoms with van der Waals surface area (Å²) >= 11 is 1.12. The Morgan fingerprint density at radius 3 is 2.77 bits per heavy atom. The summed E-state index contributed by atoms with van der Waals surface area (Å²) in [5.74, 6) is 0.139. The molecule has 1 N–H and O–H groups in total. The first kappa shape index (κ1) is 18.1. The molecule has 3 aromatic rings. The van der Waals surface area contributed by atoms with Crippen molar-refractivity contribution in [1.82, 2.24) is 19.4 Å². The molecule has 0 aliphatic carbocycles. The number of rotatable bonds is 6. The molecule has 8 heteroatoms. The van der Waals surface area contributed by atoms with Crippen molar-refractivity contribution in [3.8, 4) is 5.69 Å². The van der Waals surface area contributed by atoms with Crippen molar-refractivity contribution in [3.05, 3.63) is 68.5 Å². The summed E-state index contributed by atoms with van der Waals surface area (Å²) in [6, 6.07) is 4.84. The van der Waals surface area contributed by atoms with Gasteiger partial charge < -0.3 is 14.5 Å². The van der Waals surface area contributed by atoms with Crippen molar-refractivity contribution in [2.24, 2.45) is 0 Å². The van der Waals surface area contributed by atoms with Gasteiger partial charge in [0.15, 0.2) is 0 Å². The summed E-state index contributed by atoms with van der Waals surface area (Å²) in [7, 11) is 0. The molecule has 0 saturated carbocycles. The highest BCUT2D eigenvalue weighted by Gasteiger charge is 2.10. The minimum atomic E-state index is -0.377. The first-order valence-electron chi connectivity index (χ1n) is 8.16. The Morgan fingerprint density at radius 1 is 1.35 bits per heavy atom. The fourth-order valence-electron chi connectivity index (χ4n) is 2.67. The number of benzene rings is 1. The van der Waals surface area contributed by atoms with Gasteiger partial charge in [0.1, 0.15) is 11.6 Å². The normalized spacial score (nSPS) is 10.9. The Bertz CT molecular complexity index is 989. The number of carbonyl (C=O) groups is 1. The largest absolute Gasteiger partial charge is 0.352 e. The molecular weight excluding hydrogens is 355 g/mol. The number of thiazole rings is 1. The van der Waals surface area contributed by atoms with Crippen molar-refractivity contribution >= 4 is 17.2 Å². The Labute approximate surface area is 153 Å². The van der Waals surface area contributed by atoms with Gasteiger partial charge in [0, 0.05) is 43.0 Å². The minimum Gasteiger partial charge on any atom is -0.352 e. The molecule has 0 unspecified atom stereocenters. The van der Waals surface area contributed by atoms with E-state index in [2.05, 4.69) is 10.3 Å². The smallest absolute Gasteiger partial charge is 0.307 e. The average molecular weight is 374 g/mol. The number of nitrogens with zero attached hydrogens (tertiary/aromatic N) is 3. The highest BCUT2D eigenvalue weighted by molar-refractivity contribution is 7.07. The lowest BCUT2D eigenvalue weighted by Crippen LogP contribution is -2.26. The van der Waals surface area contributed by atoms with Crippen molar-refractivity contribution in [2.45, 2.75) is 33.4 Å². The molecule has 0 spiro atoms. The monoisotopic (exact) mass is 374 g/mol. The molecule has 1 amide bonds. The van der Waals surface area contributed by atoms with Gasteiger partial charge in [0.05, 0.1) is 5.69 Å². The van der Waals surface area contributed by atoms with Crippen molar-refractivity contribution < 1.29 is 9.18 Å². The van der Waals surface area contributed by atoms with E-state index in [1.165, 1.54) is 6.07 Å². The van der Waals surface area contributed by atoms with E-state index in [9.17, 15) is 14.0 Å². The van der Waals surface area contributed by atoms with Crippen LogP contribution >= 0.6 is 11.3 Å². The summed E-state index contributed by atoms with van der Waals surface area (Å²) < 4.78 is 17.6. The molecule has 3 rings (SSSR count). The molecule has 6 nitrogen and oxygen atoms in total. The molecule has 0 bridgehead atoms. The van der Waals surface area contributed by atoms with Crippen LogP contribution < -0.4 is 10.2 Å². The van der Waals surface area contributed by atoms with Crippen LogP contribution in [0, 0.1) is 19.7 Å². The van der Waals surface area contributed by atoms with Gasteiger partial charge in [-0.25, -0.2) is 9.37 Å². The molecule has 0 fully saturated rings. The Morgan fingerprint density at radius 2 is 2.15 bits per heavy atom. The molecule has 2 heterocycles. The van der Waals surface area contributed by atoms with Crippen LogP contribution in [0.5, 0.6) is 0 Å². The number of aryl methyl sites for hydroxylation is 2. The number of hydrogen-bond donors (Lipinski definition) is 1. The third-order valence-corrected chi connectivity index (χ3v) is 5.01. The number of hydrogen-bond acceptors (Lipinski definition) is 4. The maximum Gasteiger partial charge on any atom is 0.307 e. The third-order valence-electron chi connectivity index (χ3n) is 4.13. The van der Waals surface area contributed by atoms with E-state index in [4.69, 9.17) is 0 Å². The molecule has 0 radical (unpaired) electrons. The summed E-state index contributed by atoms with van der Waals surface area (Å²) in [5, 5.41) is 4.53. The Hall–Kier alpha value is -2.74. The number of halogens is 1. The summed E-state index contributed by atoms with van der Waals surface area (Å²) in [6.45, 7) is 4.21. The molecule has 0 aliphatic heterocycles. The quantitative estimate of drug-likeness (QED) is 0.721. The zero-order chi connectivity index (χ0) is 18.7. The van der Waals surface area contributed by atoms with E-state index in [1.54, 1.807) is 46.0 Å². The zero-order valence-corrected chi connectivity index (χ0v) is 15.3. The lowest BCUT2D eigenvalue weighted by molar-refractivity contribution is -0.121. The molecule has 2 aromatic heterocycles. The van der Waals surface area contributed by atoms with Gasteiger partial charge in [-0.3, -0.25) is 9.59 Å². The Balaban J connectivity index is 1.58. The number of aromatic nitrogens is 3. The van der Waals surface area contributed by atoms with Crippen molar-refractivity contribution in [2.75, 3.05) is 0 Å². The van der Waals surface area contributed by atoms with E-state index >= 15 is 0 Å². The van der Waals surface area contributed by atoms with Gasteiger partial charge in [-0.1, -0.05) is 17.4 Å². The van der Waals surface area contributed by atoms with Crippen LogP contribution in [-0.2, 0) is 17.9 Å². The van der Waals surface area contributed by atoms with Crippen molar-refractivity contribution in [1.29, 1.82) is 0 Å². The van der Waals surface area contributed by atoms with Crippen LogP contribution in [0.15, 0.2) is 40.8 Å². The van der Waals surface area contributed by atoms with Gasteiger partial charge in [0.25, 0.3) is 0 Å². The predicted octanol–water partition coefficient (Wildman–Crippen LogP) is 2.56. The van der Waals surface area contributed by atoms with Crippen LogP contribution in [0.4, 0.5) is 4.39 Å². The summed E-state index contributed by atoms with van der Waals surface area (Å²) in [5.41, 5.74) is 1.93. The summed E-state index contributed by atoms with van der Waals surface area (Å²) in [6.07, 6.45) is 3.51. The summed E-state index contributed by atoms with van der Waals surface area (Å²) in [4.78, 5) is 27.6. The van der Waals surface area contributed by atoms with Gasteiger partial charge >= 0.3 is 4.87 Å². The molecule has 0 saturated heterocycles. The molecule has 0 aliphatic rings. The predicted molar refractivity (Wildman–Crippen MR) is 98.0 cm³/mol. The number of nitrogens with one attached hydrogen (secondary N) is 1. The standard InChI is InChI=1S/C18H19FN4O2S/c1-12-11-26-18(25)22(12)7-5-17(24)21-10-14-3-4-16(15(19)9-14)23-8-6-20-13(23)2/h3-4,6,8-9,11H,5,7,10H2,1-2H3,(H,21,24). The van der Waals surface area contributed by atoms with E-state index in [1.807, 2.05) is 6.92 Å². The van der Waals surface area contributed by atoms with Gasteiger partial charge in [-0.15, -0.1) is 0 Å². The molecule has 26 heavy (non-hydrogen) atoms. The highest BCUT2D eigenvalue weighted by Crippen LogP contribution is 2.16. The second-order valence-corrected chi connectivity index (χ2v) is 6.77. The maximum atomic E-state index is 14.3. The second kappa shape index (κ2) is 7.65. The van der Waals surface area contributed by atoms with Crippen LogP contribution in [0.25, 0.3) is 5.69 Å². The number of carbonyl (C=O) groups excluding carboxylic acids is 1. The SMILES string of the molecule is Cc1nccn1-c1ccc(CNC(=O)CCn2c(C)csc2=O)cc1F. The van der Waals surface area contributed by atoms with Gasteiger partial charge in [-0.2, -0.15) is 0 Å². The maximum absolute atomic E-state index is 14.3. The first-order valence-corrected chi connectivity index (χ1v) is 9.04. The fourth-order valence-corrected chi connectivity index (χ4v) is 3.43. The second-order valence-electron chi connectivity index (χ2n) is 5.95. The van der Waals surface area contributed by atoms with E-state index in [0.29, 0.717) is 23.6 Å². The lowest BCUT2D eigenvalue weighted by atomic mass is 10.2. The molecular formula is C18H19FN4O2S. The van der Waals surface area contributed by atoms with E-state index in [-0.39, 0.29) is 29.6 Å². The van der Waals surface area contributed by atoms with Crippen LogP contribution in [0.3, 0.4) is 0 Å². The first-order chi connectivity index (χ1) is 12.5. The topological polar surface area (TPSA) is 68.9 Å². The fraction of sp³-hybridized carbons (Fsp3) is 0.278. The highest BCUT2D eigenvalue weighted by atomic mass is 32.1. The van der Waals surface area contributed by atoms with Crippen LogP contribution in [-0.4, -0.2) is 20.0 Å².